The Morgan fingerprint density at radius 1 is 1.17 bits per heavy atom. The minimum absolute atomic E-state index is 0.0645. The van der Waals surface area contributed by atoms with Crippen LogP contribution in [0.1, 0.15) is 16.7 Å². The SMILES string of the molecule is COc1ccc(CCSc2nc(-c3cccnc3)cc(C(F)(F)F)c2C#N)cc1. The maximum absolute atomic E-state index is 13.6. The second kappa shape index (κ2) is 8.97. The number of hydrogen-bond donors (Lipinski definition) is 0. The number of nitriles is 1. The second-order valence-corrected chi connectivity index (χ2v) is 7.12. The number of pyridine rings is 2. The van der Waals surface area contributed by atoms with E-state index in [0.29, 0.717) is 17.7 Å². The first-order valence-electron chi connectivity index (χ1n) is 8.61. The number of halogens is 3. The van der Waals surface area contributed by atoms with Gasteiger partial charge in [-0.1, -0.05) is 12.1 Å². The van der Waals surface area contributed by atoms with Crippen LogP contribution in [-0.2, 0) is 12.6 Å². The summed E-state index contributed by atoms with van der Waals surface area (Å²) in [6, 6.07) is 13.3. The summed E-state index contributed by atoms with van der Waals surface area (Å²) < 4.78 is 45.8. The van der Waals surface area contributed by atoms with Gasteiger partial charge in [-0.25, -0.2) is 4.98 Å². The van der Waals surface area contributed by atoms with Crippen LogP contribution in [0.2, 0.25) is 0 Å². The summed E-state index contributed by atoms with van der Waals surface area (Å²) in [4.78, 5) is 8.26. The molecule has 0 unspecified atom stereocenters. The number of alkyl halides is 3. The molecule has 0 N–H and O–H groups in total. The van der Waals surface area contributed by atoms with Crippen molar-refractivity contribution < 1.29 is 17.9 Å². The number of thioether (sulfide) groups is 1. The van der Waals surface area contributed by atoms with E-state index >= 15 is 0 Å². The number of benzene rings is 1. The molecule has 0 fully saturated rings. The lowest BCUT2D eigenvalue weighted by atomic mass is 10.1. The lowest BCUT2D eigenvalue weighted by Crippen LogP contribution is -2.10. The van der Waals surface area contributed by atoms with Crippen LogP contribution in [0.25, 0.3) is 11.3 Å². The molecule has 3 rings (SSSR count). The molecule has 8 heteroatoms. The molecule has 0 bridgehead atoms. The van der Waals surface area contributed by atoms with Crippen molar-refractivity contribution in [2.45, 2.75) is 17.6 Å². The summed E-state index contributed by atoms with van der Waals surface area (Å²) in [5.41, 5.74) is 0.165. The van der Waals surface area contributed by atoms with Gasteiger partial charge < -0.3 is 4.74 Å². The van der Waals surface area contributed by atoms with Crippen molar-refractivity contribution in [3.63, 3.8) is 0 Å². The molecule has 0 amide bonds. The van der Waals surface area contributed by atoms with Gasteiger partial charge in [0.15, 0.2) is 0 Å². The van der Waals surface area contributed by atoms with Gasteiger partial charge in [0.25, 0.3) is 0 Å². The number of hydrogen-bond acceptors (Lipinski definition) is 5. The van der Waals surface area contributed by atoms with Crippen molar-refractivity contribution in [3.8, 4) is 23.1 Å². The van der Waals surface area contributed by atoms with Gasteiger partial charge in [0.2, 0.25) is 0 Å². The van der Waals surface area contributed by atoms with Gasteiger partial charge in [-0.2, -0.15) is 18.4 Å². The summed E-state index contributed by atoms with van der Waals surface area (Å²) in [5.74, 6) is 1.20. The quantitative estimate of drug-likeness (QED) is 0.506. The maximum Gasteiger partial charge on any atom is 0.417 e. The summed E-state index contributed by atoms with van der Waals surface area (Å²) in [6.45, 7) is 0. The summed E-state index contributed by atoms with van der Waals surface area (Å²) in [7, 11) is 1.58. The smallest absolute Gasteiger partial charge is 0.417 e. The fraction of sp³-hybridized carbons (Fsp3) is 0.190. The molecule has 3 aromatic rings. The highest BCUT2D eigenvalue weighted by atomic mass is 32.2. The van der Waals surface area contributed by atoms with Gasteiger partial charge in [-0.15, -0.1) is 11.8 Å². The van der Waals surface area contributed by atoms with E-state index in [9.17, 15) is 18.4 Å². The van der Waals surface area contributed by atoms with Crippen LogP contribution in [0.4, 0.5) is 13.2 Å². The summed E-state index contributed by atoms with van der Waals surface area (Å²) in [6.07, 6.45) is -1.07. The third-order valence-electron chi connectivity index (χ3n) is 4.15. The Morgan fingerprint density at radius 2 is 1.93 bits per heavy atom. The van der Waals surface area contributed by atoms with E-state index in [4.69, 9.17) is 4.74 Å². The Labute approximate surface area is 170 Å². The largest absolute Gasteiger partial charge is 0.497 e. The van der Waals surface area contributed by atoms with Gasteiger partial charge in [0.05, 0.1) is 23.9 Å². The van der Waals surface area contributed by atoms with Crippen molar-refractivity contribution >= 4 is 11.8 Å². The molecule has 0 saturated carbocycles. The average Bonchev–Trinajstić information content (AvgIpc) is 2.73. The predicted molar refractivity (Wildman–Crippen MR) is 105 cm³/mol. The van der Waals surface area contributed by atoms with Crippen molar-refractivity contribution in [2.24, 2.45) is 0 Å². The van der Waals surface area contributed by atoms with Crippen LogP contribution >= 0.6 is 11.8 Å². The van der Waals surface area contributed by atoms with Crippen LogP contribution in [0.3, 0.4) is 0 Å². The molecule has 0 aliphatic heterocycles. The van der Waals surface area contributed by atoms with Crippen LogP contribution in [0.5, 0.6) is 5.75 Å². The summed E-state index contributed by atoms with van der Waals surface area (Å²) >= 11 is 1.13. The minimum Gasteiger partial charge on any atom is -0.497 e. The molecule has 2 heterocycles. The third-order valence-corrected chi connectivity index (χ3v) is 5.13. The molecule has 0 spiro atoms. The zero-order chi connectivity index (χ0) is 20.9. The van der Waals surface area contributed by atoms with Gasteiger partial charge in [-0.05, 0) is 42.3 Å². The molecule has 2 aromatic heterocycles. The normalized spacial score (nSPS) is 11.1. The van der Waals surface area contributed by atoms with Crippen LogP contribution in [0, 0.1) is 11.3 Å². The number of rotatable bonds is 6. The third kappa shape index (κ3) is 5.06. The van der Waals surface area contributed by atoms with Crippen LogP contribution in [0.15, 0.2) is 59.9 Å². The van der Waals surface area contributed by atoms with Crippen molar-refractivity contribution in [1.82, 2.24) is 9.97 Å². The molecule has 0 aliphatic carbocycles. The molecular formula is C21H16F3N3OS. The van der Waals surface area contributed by atoms with Crippen LogP contribution in [-0.4, -0.2) is 22.8 Å². The van der Waals surface area contributed by atoms with E-state index < -0.39 is 17.3 Å². The van der Waals surface area contributed by atoms with Crippen molar-refractivity contribution in [1.29, 1.82) is 5.26 Å². The Morgan fingerprint density at radius 3 is 2.52 bits per heavy atom. The number of methoxy groups -OCH3 is 1. The molecule has 0 aliphatic rings. The molecule has 1 aromatic carbocycles. The molecular weight excluding hydrogens is 399 g/mol. The number of aryl methyl sites for hydroxylation is 1. The van der Waals surface area contributed by atoms with Crippen LogP contribution < -0.4 is 4.74 Å². The van der Waals surface area contributed by atoms with Crippen molar-refractivity contribution in [3.05, 3.63) is 71.5 Å². The zero-order valence-electron chi connectivity index (χ0n) is 15.4. The highest BCUT2D eigenvalue weighted by Crippen LogP contribution is 2.38. The Balaban J connectivity index is 1.90. The maximum atomic E-state index is 13.6. The first-order chi connectivity index (χ1) is 13.9. The fourth-order valence-electron chi connectivity index (χ4n) is 2.68. The van der Waals surface area contributed by atoms with Gasteiger partial charge in [0, 0.05) is 23.7 Å². The first kappa shape index (κ1) is 20.7. The molecule has 0 radical (unpaired) electrons. The first-order valence-corrected chi connectivity index (χ1v) is 9.59. The molecule has 29 heavy (non-hydrogen) atoms. The highest BCUT2D eigenvalue weighted by molar-refractivity contribution is 7.99. The number of ether oxygens (including phenoxy) is 1. The van der Waals surface area contributed by atoms with E-state index in [1.807, 2.05) is 24.3 Å². The predicted octanol–water partition coefficient (Wildman–Crippen LogP) is 5.38. The number of nitrogens with zero attached hydrogens (tertiary/aromatic N) is 3. The van der Waals surface area contributed by atoms with Crippen molar-refractivity contribution in [2.75, 3.05) is 12.9 Å². The number of aromatic nitrogens is 2. The lowest BCUT2D eigenvalue weighted by molar-refractivity contribution is -0.138. The zero-order valence-corrected chi connectivity index (χ0v) is 16.2. The average molecular weight is 415 g/mol. The van der Waals surface area contributed by atoms with Gasteiger partial charge in [-0.3, -0.25) is 4.98 Å². The standard InChI is InChI=1S/C21H16F3N3OS/c1-28-16-6-4-14(5-7-16)8-10-29-20-17(12-25)18(21(22,23)24)11-19(27-20)15-3-2-9-26-13-15/h2-7,9,11,13H,8,10H2,1H3. The Bertz CT molecular complexity index is 1020. The molecule has 0 atom stereocenters. The molecule has 4 nitrogen and oxygen atoms in total. The lowest BCUT2D eigenvalue weighted by Gasteiger charge is -2.14. The van der Waals surface area contributed by atoms with E-state index in [2.05, 4.69) is 9.97 Å². The minimum atomic E-state index is -4.66. The van der Waals surface area contributed by atoms with E-state index in [0.717, 1.165) is 29.1 Å². The van der Waals surface area contributed by atoms with E-state index in [1.54, 1.807) is 25.3 Å². The Hall–Kier alpha value is -3.05. The summed E-state index contributed by atoms with van der Waals surface area (Å²) in [5, 5.41) is 9.43. The highest BCUT2D eigenvalue weighted by Gasteiger charge is 2.36. The van der Waals surface area contributed by atoms with Gasteiger partial charge >= 0.3 is 6.18 Å². The monoisotopic (exact) mass is 415 g/mol. The topological polar surface area (TPSA) is 58.8 Å². The van der Waals surface area contributed by atoms with Gasteiger partial charge in [0.1, 0.15) is 16.8 Å². The fourth-order valence-corrected chi connectivity index (χ4v) is 3.67. The molecule has 148 valence electrons. The Kier molecular flexibility index (Phi) is 6.39. The molecule has 0 saturated heterocycles. The van der Waals surface area contributed by atoms with E-state index in [-0.39, 0.29) is 10.7 Å². The van der Waals surface area contributed by atoms with E-state index in [1.165, 1.54) is 12.4 Å². The second-order valence-electron chi connectivity index (χ2n) is 6.03.